The minimum atomic E-state index is -0.120. The van der Waals surface area contributed by atoms with Crippen LogP contribution in [0.5, 0.6) is 0 Å². The first-order valence-corrected chi connectivity index (χ1v) is 10.3. The lowest BCUT2D eigenvalue weighted by atomic mass is 10.1. The molecule has 0 atom stereocenters. The zero-order valence-corrected chi connectivity index (χ0v) is 17.0. The van der Waals surface area contributed by atoms with Gasteiger partial charge < -0.3 is 15.2 Å². The summed E-state index contributed by atoms with van der Waals surface area (Å²) in [6, 6.07) is 15.0. The minimum Gasteiger partial charge on any atom is -0.326 e. The molecule has 4 rings (SSSR count). The van der Waals surface area contributed by atoms with E-state index in [4.69, 9.17) is 0 Å². The van der Waals surface area contributed by atoms with Crippen LogP contribution in [0.4, 0.5) is 11.4 Å². The van der Waals surface area contributed by atoms with Crippen molar-refractivity contribution in [2.75, 3.05) is 10.6 Å². The summed E-state index contributed by atoms with van der Waals surface area (Å²) in [7, 11) is 0. The molecule has 0 radical (unpaired) electrons. The Labute approximate surface area is 175 Å². The van der Waals surface area contributed by atoms with E-state index in [9.17, 15) is 9.59 Å². The summed E-state index contributed by atoms with van der Waals surface area (Å²) in [4.78, 5) is 23.6. The molecule has 2 amide bonds. The molecule has 3 aromatic rings. The van der Waals surface area contributed by atoms with Crippen LogP contribution in [0.1, 0.15) is 37.6 Å². The second-order valence-electron chi connectivity index (χ2n) is 7.59. The van der Waals surface area contributed by atoms with Gasteiger partial charge in [0.15, 0.2) is 5.82 Å². The Morgan fingerprint density at radius 3 is 2.60 bits per heavy atom. The molecule has 7 heteroatoms. The molecule has 0 bridgehead atoms. The van der Waals surface area contributed by atoms with E-state index in [2.05, 4.69) is 25.4 Å². The van der Waals surface area contributed by atoms with Crippen LogP contribution in [-0.4, -0.2) is 26.6 Å². The Kier molecular flexibility index (Phi) is 5.88. The number of anilines is 2. The van der Waals surface area contributed by atoms with E-state index in [0.717, 1.165) is 54.3 Å². The highest BCUT2D eigenvalue weighted by Gasteiger charge is 2.16. The first-order valence-electron chi connectivity index (χ1n) is 10.3. The molecule has 0 saturated carbocycles. The van der Waals surface area contributed by atoms with Crippen LogP contribution in [-0.2, 0) is 29.0 Å². The second-order valence-corrected chi connectivity index (χ2v) is 7.59. The van der Waals surface area contributed by atoms with E-state index in [1.165, 1.54) is 13.3 Å². The third kappa shape index (κ3) is 4.74. The van der Waals surface area contributed by atoms with E-state index in [-0.39, 0.29) is 18.2 Å². The van der Waals surface area contributed by atoms with Crippen molar-refractivity contribution in [2.45, 2.75) is 45.6 Å². The molecular weight excluding hydrogens is 378 g/mol. The van der Waals surface area contributed by atoms with Gasteiger partial charge in [-0.1, -0.05) is 30.7 Å². The molecule has 2 heterocycles. The monoisotopic (exact) mass is 403 g/mol. The number of benzene rings is 2. The van der Waals surface area contributed by atoms with Gasteiger partial charge in [0.2, 0.25) is 11.8 Å². The topological polar surface area (TPSA) is 88.9 Å². The lowest BCUT2D eigenvalue weighted by Crippen LogP contribution is -2.14. The van der Waals surface area contributed by atoms with Crippen molar-refractivity contribution >= 4 is 23.2 Å². The Morgan fingerprint density at radius 1 is 0.967 bits per heavy atom. The molecule has 1 aliphatic heterocycles. The van der Waals surface area contributed by atoms with Crippen LogP contribution < -0.4 is 10.6 Å². The van der Waals surface area contributed by atoms with Crippen molar-refractivity contribution < 1.29 is 9.59 Å². The van der Waals surface area contributed by atoms with Gasteiger partial charge in [0.25, 0.3) is 0 Å². The number of amides is 2. The van der Waals surface area contributed by atoms with Crippen molar-refractivity contribution in [3.63, 3.8) is 0 Å². The highest BCUT2D eigenvalue weighted by molar-refractivity contribution is 5.93. The van der Waals surface area contributed by atoms with E-state index in [1.807, 2.05) is 36.4 Å². The van der Waals surface area contributed by atoms with Gasteiger partial charge in [-0.2, -0.15) is 0 Å². The highest BCUT2D eigenvalue weighted by Crippen LogP contribution is 2.25. The third-order valence-corrected chi connectivity index (χ3v) is 5.15. The summed E-state index contributed by atoms with van der Waals surface area (Å²) >= 11 is 0. The predicted molar refractivity (Wildman–Crippen MR) is 116 cm³/mol. The standard InChI is InChI=1S/C23H25N5O2/c1-16(29)24-19-11-9-17(10-12-19)14-22(30)25-20-7-5-6-18(15-20)23-27-26-21-8-3-2-4-13-28(21)23/h5-7,9-12,15H,2-4,8,13-14H2,1H3,(H,24,29)(H,25,30). The van der Waals surface area contributed by atoms with E-state index in [0.29, 0.717) is 5.69 Å². The molecule has 30 heavy (non-hydrogen) atoms. The Hall–Kier alpha value is -3.48. The fourth-order valence-electron chi connectivity index (χ4n) is 3.73. The van der Waals surface area contributed by atoms with Crippen LogP contribution in [0.25, 0.3) is 11.4 Å². The number of fused-ring (bicyclic) bond motifs is 1. The van der Waals surface area contributed by atoms with Gasteiger partial charge in [0.05, 0.1) is 6.42 Å². The zero-order valence-electron chi connectivity index (χ0n) is 17.0. The molecule has 154 valence electrons. The number of carbonyl (C=O) groups is 2. The average molecular weight is 403 g/mol. The maximum atomic E-state index is 12.5. The quantitative estimate of drug-likeness (QED) is 0.678. The largest absolute Gasteiger partial charge is 0.326 e. The fourth-order valence-corrected chi connectivity index (χ4v) is 3.73. The minimum absolute atomic E-state index is 0.0977. The summed E-state index contributed by atoms with van der Waals surface area (Å²) in [6.45, 7) is 2.40. The van der Waals surface area contributed by atoms with Crippen LogP contribution in [0.3, 0.4) is 0 Å². The maximum Gasteiger partial charge on any atom is 0.228 e. The van der Waals surface area contributed by atoms with Gasteiger partial charge >= 0.3 is 0 Å². The zero-order chi connectivity index (χ0) is 20.9. The molecule has 0 saturated heterocycles. The van der Waals surface area contributed by atoms with Crippen molar-refractivity contribution in [3.05, 3.63) is 59.9 Å². The van der Waals surface area contributed by atoms with Gasteiger partial charge in [-0.3, -0.25) is 9.59 Å². The average Bonchev–Trinajstić information content (AvgIpc) is 2.97. The third-order valence-electron chi connectivity index (χ3n) is 5.15. The summed E-state index contributed by atoms with van der Waals surface area (Å²) < 4.78 is 2.20. The molecule has 0 unspecified atom stereocenters. The smallest absolute Gasteiger partial charge is 0.228 e. The Bertz CT molecular complexity index is 1060. The molecule has 2 N–H and O–H groups in total. The highest BCUT2D eigenvalue weighted by atomic mass is 16.2. The molecule has 0 spiro atoms. The summed E-state index contributed by atoms with van der Waals surface area (Å²) in [5, 5.41) is 14.4. The van der Waals surface area contributed by atoms with Crippen LogP contribution in [0.2, 0.25) is 0 Å². The normalized spacial score (nSPS) is 13.2. The molecule has 0 aliphatic carbocycles. The number of hydrogen-bond donors (Lipinski definition) is 2. The van der Waals surface area contributed by atoms with Crippen molar-refractivity contribution in [2.24, 2.45) is 0 Å². The van der Waals surface area contributed by atoms with Crippen molar-refractivity contribution in [3.8, 4) is 11.4 Å². The van der Waals surface area contributed by atoms with Crippen LogP contribution >= 0.6 is 0 Å². The molecule has 2 aromatic carbocycles. The second kappa shape index (κ2) is 8.90. The molecule has 1 aliphatic rings. The van der Waals surface area contributed by atoms with Crippen molar-refractivity contribution in [1.29, 1.82) is 0 Å². The summed E-state index contributed by atoms with van der Waals surface area (Å²) in [6.07, 6.45) is 4.72. The lowest BCUT2D eigenvalue weighted by molar-refractivity contribution is -0.116. The molecule has 1 aromatic heterocycles. The predicted octanol–water partition coefficient (Wildman–Crippen LogP) is 3.81. The van der Waals surface area contributed by atoms with E-state index in [1.54, 1.807) is 12.1 Å². The summed E-state index contributed by atoms with van der Waals surface area (Å²) in [5.74, 6) is 1.68. The molecular formula is C23H25N5O2. The Balaban J connectivity index is 1.44. The van der Waals surface area contributed by atoms with Crippen LogP contribution in [0, 0.1) is 0 Å². The number of nitrogens with zero attached hydrogens (tertiary/aromatic N) is 3. The summed E-state index contributed by atoms with van der Waals surface area (Å²) in [5.41, 5.74) is 3.28. The SMILES string of the molecule is CC(=O)Nc1ccc(CC(=O)Nc2cccc(-c3nnc4n3CCCCC4)c2)cc1. The lowest BCUT2D eigenvalue weighted by Gasteiger charge is -2.10. The number of carbonyl (C=O) groups excluding carboxylic acids is 2. The van der Waals surface area contributed by atoms with Gasteiger partial charge in [-0.25, -0.2) is 0 Å². The first kappa shape index (κ1) is 19.8. The molecule has 0 fully saturated rings. The van der Waals surface area contributed by atoms with Gasteiger partial charge in [-0.05, 0) is 42.7 Å². The number of hydrogen-bond acceptors (Lipinski definition) is 4. The molecule has 7 nitrogen and oxygen atoms in total. The van der Waals surface area contributed by atoms with Crippen molar-refractivity contribution in [1.82, 2.24) is 14.8 Å². The number of aromatic nitrogens is 3. The first-order chi connectivity index (χ1) is 14.6. The van der Waals surface area contributed by atoms with Gasteiger partial charge in [0.1, 0.15) is 5.82 Å². The van der Waals surface area contributed by atoms with E-state index >= 15 is 0 Å². The fraction of sp³-hybridized carbons (Fsp3) is 0.304. The van der Waals surface area contributed by atoms with E-state index < -0.39 is 0 Å². The van der Waals surface area contributed by atoms with Gasteiger partial charge in [0, 0.05) is 36.8 Å². The maximum absolute atomic E-state index is 12.5. The van der Waals surface area contributed by atoms with Crippen LogP contribution in [0.15, 0.2) is 48.5 Å². The van der Waals surface area contributed by atoms with Gasteiger partial charge in [-0.15, -0.1) is 10.2 Å². The number of rotatable bonds is 5. The number of aryl methyl sites for hydroxylation is 1. The number of nitrogens with one attached hydrogen (secondary N) is 2. The Morgan fingerprint density at radius 2 is 1.80 bits per heavy atom.